The van der Waals surface area contributed by atoms with E-state index in [0.717, 1.165) is 16.7 Å². The van der Waals surface area contributed by atoms with Gasteiger partial charge >= 0.3 is 0 Å². The zero-order valence-electron chi connectivity index (χ0n) is 16.2. The van der Waals surface area contributed by atoms with Crippen molar-refractivity contribution < 1.29 is 13.2 Å². The van der Waals surface area contributed by atoms with Crippen molar-refractivity contribution in [3.63, 3.8) is 0 Å². The molecule has 0 unspecified atom stereocenters. The molecule has 0 aliphatic rings. The first kappa shape index (κ1) is 20.4. The normalized spacial score (nSPS) is 11.4. The fourth-order valence-corrected chi connectivity index (χ4v) is 3.90. The SMILES string of the molecule is Cc1ccc(NS(=O)(=O)c2ccc(NC(=O)/C=C/c3ccccc3)cc2)c(C)c1. The molecule has 148 valence electrons. The van der Waals surface area contributed by atoms with Gasteiger partial charge in [-0.2, -0.15) is 0 Å². The minimum Gasteiger partial charge on any atom is -0.323 e. The van der Waals surface area contributed by atoms with Crippen LogP contribution in [0.25, 0.3) is 6.08 Å². The highest BCUT2D eigenvalue weighted by Gasteiger charge is 2.15. The Morgan fingerprint density at radius 1 is 0.897 bits per heavy atom. The molecule has 0 atom stereocenters. The number of benzene rings is 3. The van der Waals surface area contributed by atoms with Crippen molar-refractivity contribution in [2.75, 3.05) is 10.0 Å². The second kappa shape index (κ2) is 8.75. The molecular weight excluding hydrogens is 384 g/mol. The van der Waals surface area contributed by atoms with Crippen molar-refractivity contribution in [1.82, 2.24) is 0 Å². The number of rotatable bonds is 6. The number of hydrogen-bond acceptors (Lipinski definition) is 3. The van der Waals surface area contributed by atoms with Gasteiger partial charge < -0.3 is 5.32 Å². The van der Waals surface area contributed by atoms with E-state index in [4.69, 9.17) is 0 Å². The summed E-state index contributed by atoms with van der Waals surface area (Å²) in [5.41, 5.74) is 3.88. The van der Waals surface area contributed by atoms with Crippen LogP contribution in [-0.2, 0) is 14.8 Å². The molecule has 2 N–H and O–H groups in total. The third kappa shape index (κ3) is 5.56. The molecule has 0 aliphatic carbocycles. The van der Waals surface area contributed by atoms with Crippen LogP contribution in [0.4, 0.5) is 11.4 Å². The van der Waals surface area contributed by atoms with Gasteiger partial charge in [0.05, 0.1) is 10.6 Å². The first-order chi connectivity index (χ1) is 13.8. The standard InChI is InChI=1S/C23H22N2O3S/c1-17-8-14-22(18(2)16-17)25-29(27,28)21-12-10-20(11-13-21)24-23(26)15-9-19-6-4-3-5-7-19/h3-16,25H,1-2H3,(H,24,26)/b15-9+. The minimum absolute atomic E-state index is 0.121. The number of hydrogen-bond donors (Lipinski definition) is 2. The summed E-state index contributed by atoms with van der Waals surface area (Å²) in [6.45, 7) is 3.81. The fraction of sp³-hybridized carbons (Fsp3) is 0.0870. The van der Waals surface area contributed by atoms with E-state index in [1.54, 1.807) is 24.3 Å². The predicted octanol–water partition coefficient (Wildman–Crippen LogP) is 4.76. The lowest BCUT2D eigenvalue weighted by atomic mass is 10.1. The Kier molecular flexibility index (Phi) is 6.14. The topological polar surface area (TPSA) is 75.3 Å². The number of carbonyl (C=O) groups is 1. The second-order valence-electron chi connectivity index (χ2n) is 6.68. The molecule has 6 heteroatoms. The monoisotopic (exact) mass is 406 g/mol. The zero-order chi connectivity index (χ0) is 20.9. The van der Waals surface area contributed by atoms with Gasteiger partial charge in [0.15, 0.2) is 0 Å². The maximum Gasteiger partial charge on any atom is 0.261 e. The van der Waals surface area contributed by atoms with Crippen LogP contribution in [0.3, 0.4) is 0 Å². The predicted molar refractivity (Wildman–Crippen MR) is 117 cm³/mol. The summed E-state index contributed by atoms with van der Waals surface area (Å²) in [4.78, 5) is 12.2. The van der Waals surface area contributed by atoms with Crippen molar-refractivity contribution in [3.05, 3.63) is 95.6 Å². The lowest BCUT2D eigenvalue weighted by molar-refractivity contribution is -0.111. The number of sulfonamides is 1. The Labute approximate surface area is 171 Å². The van der Waals surface area contributed by atoms with Crippen molar-refractivity contribution in [2.45, 2.75) is 18.7 Å². The highest BCUT2D eigenvalue weighted by atomic mass is 32.2. The molecule has 29 heavy (non-hydrogen) atoms. The summed E-state index contributed by atoms with van der Waals surface area (Å²) in [5, 5.41) is 2.71. The Balaban J connectivity index is 1.67. The minimum atomic E-state index is -3.72. The van der Waals surface area contributed by atoms with Gasteiger partial charge in [0.2, 0.25) is 5.91 Å². The van der Waals surface area contributed by atoms with Gasteiger partial charge in [0.25, 0.3) is 10.0 Å². The molecule has 0 aliphatic heterocycles. The summed E-state index contributed by atoms with van der Waals surface area (Å²) in [5.74, 6) is -0.294. The highest BCUT2D eigenvalue weighted by molar-refractivity contribution is 7.92. The third-order valence-electron chi connectivity index (χ3n) is 4.29. The molecule has 0 bridgehead atoms. The maximum absolute atomic E-state index is 12.6. The lowest BCUT2D eigenvalue weighted by Crippen LogP contribution is -2.14. The number of amides is 1. The van der Waals surface area contributed by atoms with Gasteiger partial charge in [-0.25, -0.2) is 8.42 Å². The number of aryl methyl sites for hydroxylation is 2. The zero-order valence-corrected chi connectivity index (χ0v) is 17.0. The molecule has 3 rings (SSSR count). The van der Waals surface area contributed by atoms with E-state index in [9.17, 15) is 13.2 Å². The summed E-state index contributed by atoms with van der Waals surface area (Å²) in [6.07, 6.45) is 3.14. The third-order valence-corrected chi connectivity index (χ3v) is 5.67. The summed E-state index contributed by atoms with van der Waals surface area (Å²) >= 11 is 0. The molecule has 1 amide bonds. The van der Waals surface area contributed by atoms with E-state index < -0.39 is 10.0 Å². The number of nitrogens with one attached hydrogen (secondary N) is 2. The van der Waals surface area contributed by atoms with Gasteiger partial charge in [0, 0.05) is 11.8 Å². The van der Waals surface area contributed by atoms with E-state index in [0.29, 0.717) is 11.4 Å². The summed E-state index contributed by atoms with van der Waals surface area (Å²) in [6, 6.07) is 21.0. The Morgan fingerprint density at radius 3 is 2.24 bits per heavy atom. The van der Waals surface area contributed by atoms with Gasteiger partial charge in [-0.1, -0.05) is 48.0 Å². The molecule has 0 fully saturated rings. The molecule has 0 saturated carbocycles. The van der Waals surface area contributed by atoms with Gasteiger partial charge in [-0.3, -0.25) is 9.52 Å². The average Bonchev–Trinajstić information content (AvgIpc) is 2.70. The van der Waals surface area contributed by atoms with Crippen molar-refractivity contribution >= 4 is 33.4 Å². The summed E-state index contributed by atoms with van der Waals surface area (Å²) in [7, 11) is -3.72. The van der Waals surface area contributed by atoms with Crippen molar-refractivity contribution in [1.29, 1.82) is 0 Å². The van der Waals surface area contributed by atoms with Crippen LogP contribution >= 0.6 is 0 Å². The molecule has 5 nitrogen and oxygen atoms in total. The number of carbonyl (C=O) groups excluding carboxylic acids is 1. The van der Waals surface area contributed by atoms with E-state index >= 15 is 0 Å². The van der Waals surface area contributed by atoms with Gasteiger partial charge in [-0.15, -0.1) is 0 Å². The molecule has 0 saturated heterocycles. The Hall–Kier alpha value is -3.38. The fourth-order valence-electron chi connectivity index (χ4n) is 2.77. The Morgan fingerprint density at radius 2 is 1.59 bits per heavy atom. The van der Waals surface area contributed by atoms with Crippen LogP contribution in [0.1, 0.15) is 16.7 Å². The highest BCUT2D eigenvalue weighted by Crippen LogP contribution is 2.21. The smallest absolute Gasteiger partial charge is 0.261 e. The Bertz CT molecular complexity index is 1140. The molecule has 0 aromatic heterocycles. The quantitative estimate of drug-likeness (QED) is 0.580. The van der Waals surface area contributed by atoms with E-state index in [1.807, 2.05) is 56.3 Å². The summed E-state index contributed by atoms with van der Waals surface area (Å²) < 4.78 is 27.8. The number of anilines is 2. The van der Waals surface area contributed by atoms with Crippen LogP contribution in [0, 0.1) is 13.8 Å². The molecule has 3 aromatic carbocycles. The van der Waals surface area contributed by atoms with Crippen LogP contribution in [-0.4, -0.2) is 14.3 Å². The van der Waals surface area contributed by atoms with Gasteiger partial charge in [0.1, 0.15) is 0 Å². The second-order valence-corrected chi connectivity index (χ2v) is 8.36. The van der Waals surface area contributed by atoms with Crippen LogP contribution in [0.15, 0.2) is 83.8 Å². The molecule has 0 spiro atoms. The van der Waals surface area contributed by atoms with Crippen LogP contribution in [0.2, 0.25) is 0 Å². The van der Waals surface area contributed by atoms with Gasteiger partial charge in [-0.05, 0) is 61.4 Å². The van der Waals surface area contributed by atoms with Crippen LogP contribution < -0.4 is 10.0 Å². The van der Waals surface area contributed by atoms with Crippen LogP contribution in [0.5, 0.6) is 0 Å². The maximum atomic E-state index is 12.6. The van der Waals surface area contributed by atoms with Crippen molar-refractivity contribution in [3.8, 4) is 0 Å². The molecular formula is C23H22N2O3S. The lowest BCUT2D eigenvalue weighted by Gasteiger charge is -2.11. The van der Waals surface area contributed by atoms with Crippen molar-refractivity contribution in [2.24, 2.45) is 0 Å². The molecule has 0 heterocycles. The van der Waals surface area contributed by atoms with E-state index in [-0.39, 0.29) is 10.8 Å². The molecule has 0 radical (unpaired) electrons. The molecule has 3 aromatic rings. The van der Waals surface area contributed by atoms with E-state index in [2.05, 4.69) is 10.0 Å². The largest absolute Gasteiger partial charge is 0.323 e. The first-order valence-electron chi connectivity index (χ1n) is 9.08. The first-order valence-corrected chi connectivity index (χ1v) is 10.6. The van der Waals surface area contributed by atoms with E-state index in [1.165, 1.54) is 18.2 Å². The average molecular weight is 407 g/mol.